The highest BCUT2D eigenvalue weighted by Gasteiger charge is 2.37. The summed E-state index contributed by atoms with van der Waals surface area (Å²) in [5.41, 5.74) is 13.2. The molecule has 0 nitrogen and oxygen atoms in total. The lowest BCUT2D eigenvalue weighted by Gasteiger charge is -2.22. The smallest absolute Gasteiger partial charge is 0.0402 e. The number of benzene rings is 10. The molecule has 0 spiro atoms. The Bertz CT molecular complexity index is 3370. The van der Waals surface area contributed by atoms with Crippen molar-refractivity contribution in [1.29, 1.82) is 0 Å². The highest BCUT2D eigenvalue weighted by Crippen LogP contribution is 2.54. The molecule has 0 aliphatic heterocycles. The minimum Gasteiger partial charge on any atom is -0.135 e. The average molecular weight is 729 g/mol. The molecule has 0 bridgehead atoms. The van der Waals surface area contributed by atoms with Gasteiger partial charge in [0.1, 0.15) is 0 Å². The zero-order valence-electron chi connectivity index (χ0n) is 31.2. The molecule has 1 heterocycles. The van der Waals surface area contributed by atoms with E-state index in [9.17, 15) is 0 Å². The molecule has 0 unspecified atom stereocenters. The summed E-state index contributed by atoms with van der Waals surface area (Å²) < 4.78 is 2.78. The normalized spacial score (nSPS) is 13.3. The van der Waals surface area contributed by atoms with Gasteiger partial charge in [-0.25, -0.2) is 0 Å². The van der Waals surface area contributed by atoms with Crippen molar-refractivity contribution in [3.63, 3.8) is 0 Å². The standard InChI is InChI=1S/C55H36S/c1-55(2)49-18-10-9-13-41(49)46-27-28-47-48-31-40-30-37(24-25-38(40)32-50(48)56-54(47)53(46)55)34-19-22-35(23-20-34)51-42-14-5-7-16-44(42)52(45-17-8-6-15-43(45)51)39-26-21-33-11-3-4-12-36(33)29-39/h3-32H,1-2H3. The maximum absolute atomic E-state index is 2.43. The van der Waals surface area contributed by atoms with Gasteiger partial charge in [0.05, 0.1) is 0 Å². The van der Waals surface area contributed by atoms with Gasteiger partial charge in [0.2, 0.25) is 0 Å². The summed E-state index contributed by atoms with van der Waals surface area (Å²) >= 11 is 1.96. The quantitative estimate of drug-likeness (QED) is 0.159. The van der Waals surface area contributed by atoms with Crippen molar-refractivity contribution in [2.24, 2.45) is 0 Å². The van der Waals surface area contributed by atoms with Crippen LogP contribution in [0, 0.1) is 0 Å². The molecule has 0 N–H and O–H groups in total. The van der Waals surface area contributed by atoms with E-state index in [2.05, 4.69) is 196 Å². The SMILES string of the molecule is CC1(C)c2ccccc2-c2ccc3c(sc4cc5ccc(-c6ccc(-c7c8ccccc8c(-c8ccc9ccccc9c8)c8ccccc78)cc6)cc5cc43)c21. The van der Waals surface area contributed by atoms with E-state index in [0.717, 1.165) is 0 Å². The van der Waals surface area contributed by atoms with Gasteiger partial charge in [0.15, 0.2) is 0 Å². The number of thiophene rings is 1. The second-order valence-corrected chi connectivity index (χ2v) is 17.1. The third-order valence-electron chi connectivity index (χ3n) is 12.6. The molecule has 1 aromatic heterocycles. The minimum atomic E-state index is -0.0249. The first kappa shape index (κ1) is 31.8. The topological polar surface area (TPSA) is 0 Å². The lowest BCUT2D eigenvalue weighted by molar-refractivity contribution is 0.667. The van der Waals surface area contributed by atoms with E-state index in [1.54, 1.807) is 0 Å². The highest BCUT2D eigenvalue weighted by atomic mass is 32.1. The average Bonchev–Trinajstić information content (AvgIpc) is 3.72. The molecule has 0 amide bonds. The number of fused-ring (bicyclic) bond motifs is 11. The molecule has 12 rings (SSSR count). The summed E-state index contributed by atoms with van der Waals surface area (Å²) in [6, 6.07) is 68.1. The second kappa shape index (κ2) is 11.7. The molecular formula is C55H36S. The molecular weight excluding hydrogens is 693 g/mol. The molecule has 10 aromatic carbocycles. The van der Waals surface area contributed by atoms with E-state index in [1.165, 1.54) is 119 Å². The highest BCUT2D eigenvalue weighted by molar-refractivity contribution is 7.26. The van der Waals surface area contributed by atoms with Crippen molar-refractivity contribution in [1.82, 2.24) is 0 Å². The zero-order chi connectivity index (χ0) is 37.1. The van der Waals surface area contributed by atoms with Gasteiger partial charge in [-0.1, -0.05) is 172 Å². The largest absolute Gasteiger partial charge is 0.135 e. The van der Waals surface area contributed by atoms with E-state index in [4.69, 9.17) is 0 Å². The molecule has 262 valence electrons. The minimum absolute atomic E-state index is 0.0249. The molecule has 11 aromatic rings. The Morgan fingerprint density at radius 1 is 0.357 bits per heavy atom. The summed E-state index contributed by atoms with van der Waals surface area (Å²) in [7, 11) is 0. The van der Waals surface area contributed by atoms with E-state index in [-0.39, 0.29) is 5.41 Å². The Morgan fingerprint density at radius 2 is 0.911 bits per heavy atom. The monoisotopic (exact) mass is 728 g/mol. The van der Waals surface area contributed by atoms with Crippen molar-refractivity contribution in [3.8, 4) is 44.5 Å². The van der Waals surface area contributed by atoms with Crippen LogP contribution >= 0.6 is 11.3 Å². The molecule has 0 fully saturated rings. The lowest BCUT2D eigenvalue weighted by Crippen LogP contribution is -2.14. The first-order chi connectivity index (χ1) is 27.5. The van der Waals surface area contributed by atoms with Crippen molar-refractivity contribution in [2.75, 3.05) is 0 Å². The van der Waals surface area contributed by atoms with Crippen molar-refractivity contribution in [2.45, 2.75) is 19.3 Å². The van der Waals surface area contributed by atoms with Crippen molar-refractivity contribution >= 4 is 74.6 Å². The molecule has 0 atom stereocenters. The molecule has 1 heteroatoms. The van der Waals surface area contributed by atoms with Gasteiger partial charge in [-0.3, -0.25) is 0 Å². The van der Waals surface area contributed by atoms with Crippen LogP contribution in [0.25, 0.3) is 108 Å². The Labute approximate surface area is 329 Å². The van der Waals surface area contributed by atoms with Crippen LogP contribution in [0.5, 0.6) is 0 Å². The molecule has 1 aliphatic carbocycles. The van der Waals surface area contributed by atoms with Gasteiger partial charge in [-0.15, -0.1) is 11.3 Å². The summed E-state index contributed by atoms with van der Waals surface area (Å²) in [5, 5.41) is 12.9. The predicted octanol–water partition coefficient (Wildman–Crippen LogP) is 16.0. The first-order valence-electron chi connectivity index (χ1n) is 19.6. The first-order valence-corrected chi connectivity index (χ1v) is 20.4. The van der Waals surface area contributed by atoms with E-state index >= 15 is 0 Å². The molecule has 1 aliphatic rings. The zero-order valence-corrected chi connectivity index (χ0v) is 32.0. The Morgan fingerprint density at radius 3 is 1.66 bits per heavy atom. The van der Waals surface area contributed by atoms with Crippen LogP contribution in [0.1, 0.15) is 25.0 Å². The van der Waals surface area contributed by atoms with Gasteiger partial charge < -0.3 is 0 Å². The van der Waals surface area contributed by atoms with E-state index in [0.29, 0.717) is 0 Å². The summed E-state index contributed by atoms with van der Waals surface area (Å²) in [6.07, 6.45) is 0. The van der Waals surface area contributed by atoms with Crippen LogP contribution in [-0.2, 0) is 5.41 Å². The van der Waals surface area contributed by atoms with Crippen LogP contribution in [0.4, 0.5) is 0 Å². The fraction of sp³-hybridized carbons (Fsp3) is 0.0545. The Hall–Kier alpha value is -6.54. The van der Waals surface area contributed by atoms with Gasteiger partial charge in [-0.2, -0.15) is 0 Å². The van der Waals surface area contributed by atoms with Gasteiger partial charge >= 0.3 is 0 Å². The lowest BCUT2D eigenvalue weighted by atomic mass is 9.82. The molecule has 56 heavy (non-hydrogen) atoms. The number of hydrogen-bond acceptors (Lipinski definition) is 1. The van der Waals surface area contributed by atoms with E-state index < -0.39 is 0 Å². The van der Waals surface area contributed by atoms with Gasteiger partial charge in [0.25, 0.3) is 0 Å². The maximum Gasteiger partial charge on any atom is 0.0402 e. The molecule has 0 saturated heterocycles. The van der Waals surface area contributed by atoms with Crippen LogP contribution < -0.4 is 0 Å². The second-order valence-electron chi connectivity index (χ2n) is 16.0. The van der Waals surface area contributed by atoms with Gasteiger partial charge in [-0.05, 0) is 123 Å². The number of rotatable bonds is 3. The fourth-order valence-electron chi connectivity index (χ4n) is 9.93. The molecule has 0 saturated carbocycles. The van der Waals surface area contributed by atoms with E-state index in [1.807, 2.05) is 11.3 Å². The summed E-state index contributed by atoms with van der Waals surface area (Å²) in [4.78, 5) is 0. The third kappa shape index (κ3) is 4.53. The fourth-order valence-corrected chi connectivity index (χ4v) is 11.4. The Balaban J connectivity index is 0.965. The number of hydrogen-bond donors (Lipinski definition) is 0. The van der Waals surface area contributed by atoms with Crippen LogP contribution in [0.3, 0.4) is 0 Å². The van der Waals surface area contributed by atoms with Crippen LogP contribution in [-0.4, -0.2) is 0 Å². The summed E-state index contributed by atoms with van der Waals surface area (Å²) in [6.45, 7) is 4.78. The Kier molecular flexibility index (Phi) is 6.66. The van der Waals surface area contributed by atoms with Crippen molar-refractivity contribution < 1.29 is 0 Å². The van der Waals surface area contributed by atoms with Crippen LogP contribution in [0.15, 0.2) is 182 Å². The maximum atomic E-state index is 2.43. The van der Waals surface area contributed by atoms with Crippen LogP contribution in [0.2, 0.25) is 0 Å². The van der Waals surface area contributed by atoms with Crippen molar-refractivity contribution in [3.05, 3.63) is 193 Å². The molecule has 0 radical (unpaired) electrons. The third-order valence-corrected chi connectivity index (χ3v) is 13.8. The summed E-state index contributed by atoms with van der Waals surface area (Å²) in [5.74, 6) is 0. The predicted molar refractivity (Wildman–Crippen MR) is 243 cm³/mol. The van der Waals surface area contributed by atoms with Gasteiger partial charge in [0, 0.05) is 25.6 Å².